The molecule has 2 heterocycles. The Bertz CT molecular complexity index is 813. The quantitative estimate of drug-likeness (QED) is 0.803. The van der Waals surface area contributed by atoms with E-state index in [4.69, 9.17) is 9.47 Å². The molecule has 148 valence electrons. The molecule has 0 aliphatic carbocycles. The molecular formula is C23H28N2O3. The lowest BCUT2D eigenvalue weighted by Crippen LogP contribution is -2.46. The van der Waals surface area contributed by atoms with Crippen LogP contribution in [-0.2, 0) is 4.74 Å². The molecule has 0 aromatic heterocycles. The van der Waals surface area contributed by atoms with Crippen molar-refractivity contribution in [2.45, 2.75) is 39.0 Å². The SMILES string of the molecule is CC(C)COc1ccc(C2Nc3ccccc3C(=O)N2CC2CCCO2)cc1. The summed E-state index contributed by atoms with van der Waals surface area (Å²) in [5.74, 6) is 1.39. The van der Waals surface area contributed by atoms with Gasteiger partial charge in [0.1, 0.15) is 11.9 Å². The van der Waals surface area contributed by atoms with E-state index in [1.807, 2.05) is 53.4 Å². The van der Waals surface area contributed by atoms with Crippen LogP contribution in [0.25, 0.3) is 0 Å². The zero-order valence-corrected chi connectivity index (χ0v) is 16.6. The maximum atomic E-state index is 13.2. The second-order valence-electron chi connectivity index (χ2n) is 7.96. The van der Waals surface area contributed by atoms with Gasteiger partial charge in [0.15, 0.2) is 0 Å². The van der Waals surface area contributed by atoms with Crippen molar-refractivity contribution in [3.8, 4) is 5.75 Å². The molecule has 0 spiro atoms. The Balaban J connectivity index is 1.59. The highest BCUT2D eigenvalue weighted by Gasteiger charge is 2.35. The van der Waals surface area contributed by atoms with Gasteiger partial charge in [-0.3, -0.25) is 4.79 Å². The van der Waals surface area contributed by atoms with E-state index in [-0.39, 0.29) is 18.2 Å². The van der Waals surface area contributed by atoms with Crippen molar-refractivity contribution in [1.29, 1.82) is 0 Å². The number of hydrogen-bond acceptors (Lipinski definition) is 4. The Labute approximate surface area is 166 Å². The number of para-hydroxylation sites is 1. The van der Waals surface area contributed by atoms with Gasteiger partial charge in [-0.1, -0.05) is 38.1 Å². The summed E-state index contributed by atoms with van der Waals surface area (Å²) in [6, 6.07) is 15.7. The van der Waals surface area contributed by atoms with Crippen molar-refractivity contribution in [2.75, 3.05) is 25.1 Å². The van der Waals surface area contributed by atoms with Crippen molar-refractivity contribution < 1.29 is 14.3 Å². The molecule has 0 saturated carbocycles. The number of anilines is 1. The van der Waals surface area contributed by atoms with E-state index in [2.05, 4.69) is 19.2 Å². The van der Waals surface area contributed by atoms with Crippen molar-refractivity contribution >= 4 is 11.6 Å². The van der Waals surface area contributed by atoms with Crippen LogP contribution in [0.3, 0.4) is 0 Å². The van der Waals surface area contributed by atoms with Crippen molar-refractivity contribution in [2.24, 2.45) is 5.92 Å². The van der Waals surface area contributed by atoms with E-state index < -0.39 is 0 Å². The van der Waals surface area contributed by atoms with Crippen LogP contribution in [0.5, 0.6) is 5.75 Å². The number of nitrogens with one attached hydrogen (secondary N) is 1. The summed E-state index contributed by atoms with van der Waals surface area (Å²) in [5.41, 5.74) is 2.63. The molecule has 2 aliphatic rings. The largest absolute Gasteiger partial charge is 0.493 e. The number of carbonyl (C=O) groups excluding carboxylic acids is 1. The molecule has 5 nitrogen and oxygen atoms in total. The smallest absolute Gasteiger partial charge is 0.257 e. The van der Waals surface area contributed by atoms with E-state index in [0.29, 0.717) is 24.6 Å². The molecule has 0 bridgehead atoms. The zero-order valence-electron chi connectivity index (χ0n) is 16.6. The summed E-state index contributed by atoms with van der Waals surface area (Å²) < 4.78 is 11.6. The van der Waals surface area contributed by atoms with Gasteiger partial charge >= 0.3 is 0 Å². The maximum Gasteiger partial charge on any atom is 0.257 e. The minimum atomic E-state index is -0.217. The Morgan fingerprint density at radius 1 is 1.18 bits per heavy atom. The summed E-state index contributed by atoms with van der Waals surface area (Å²) in [5, 5.41) is 3.55. The van der Waals surface area contributed by atoms with Crippen molar-refractivity contribution in [3.05, 3.63) is 59.7 Å². The lowest BCUT2D eigenvalue weighted by molar-refractivity contribution is 0.0427. The van der Waals surface area contributed by atoms with Crippen molar-refractivity contribution in [1.82, 2.24) is 4.90 Å². The van der Waals surface area contributed by atoms with Crippen LogP contribution in [0.2, 0.25) is 0 Å². The fourth-order valence-corrected chi connectivity index (χ4v) is 3.76. The van der Waals surface area contributed by atoms with E-state index in [0.717, 1.165) is 36.4 Å². The molecule has 28 heavy (non-hydrogen) atoms. The second kappa shape index (κ2) is 8.23. The third-order valence-electron chi connectivity index (χ3n) is 5.23. The van der Waals surface area contributed by atoms with Crippen LogP contribution in [-0.4, -0.2) is 36.7 Å². The van der Waals surface area contributed by atoms with Crippen molar-refractivity contribution in [3.63, 3.8) is 0 Å². The molecule has 1 N–H and O–H groups in total. The maximum absolute atomic E-state index is 13.2. The van der Waals surface area contributed by atoms with Gasteiger partial charge in [-0.15, -0.1) is 0 Å². The van der Waals surface area contributed by atoms with Crippen LogP contribution in [0.4, 0.5) is 5.69 Å². The summed E-state index contributed by atoms with van der Waals surface area (Å²) in [6.07, 6.45) is 1.95. The fourth-order valence-electron chi connectivity index (χ4n) is 3.76. The molecule has 2 aromatic rings. The minimum Gasteiger partial charge on any atom is -0.493 e. The lowest BCUT2D eigenvalue weighted by Gasteiger charge is -2.39. The number of amides is 1. The average molecular weight is 380 g/mol. The molecule has 2 aliphatic heterocycles. The standard InChI is InChI=1S/C23H28N2O3/c1-16(2)15-28-18-11-9-17(10-12-18)22-24-21-8-4-3-7-20(21)23(26)25(22)14-19-6-5-13-27-19/h3-4,7-12,16,19,22,24H,5-6,13-15H2,1-2H3. The number of nitrogens with zero attached hydrogens (tertiary/aromatic N) is 1. The third kappa shape index (κ3) is 3.99. The first-order valence-corrected chi connectivity index (χ1v) is 10.1. The van der Waals surface area contributed by atoms with Gasteiger partial charge in [0.25, 0.3) is 5.91 Å². The Kier molecular flexibility index (Phi) is 5.53. The van der Waals surface area contributed by atoms with Crippen LogP contribution < -0.4 is 10.1 Å². The first kappa shape index (κ1) is 18.8. The van der Waals surface area contributed by atoms with Gasteiger partial charge in [0.05, 0.1) is 18.3 Å². The lowest BCUT2D eigenvalue weighted by atomic mass is 10.0. The first-order chi connectivity index (χ1) is 13.6. The minimum absolute atomic E-state index is 0.0509. The monoisotopic (exact) mass is 380 g/mol. The van der Waals surface area contributed by atoms with Crippen LogP contribution in [0.1, 0.15) is 48.8 Å². The van der Waals surface area contributed by atoms with Gasteiger partial charge in [-0.05, 0) is 48.6 Å². The molecule has 2 unspecified atom stereocenters. The summed E-state index contributed by atoms with van der Waals surface area (Å²) in [4.78, 5) is 15.1. The predicted molar refractivity (Wildman–Crippen MR) is 110 cm³/mol. The number of benzene rings is 2. The van der Waals surface area contributed by atoms with E-state index in [9.17, 15) is 4.79 Å². The average Bonchev–Trinajstić information content (AvgIpc) is 3.22. The summed E-state index contributed by atoms with van der Waals surface area (Å²) in [6.45, 7) is 6.33. The molecular weight excluding hydrogens is 352 g/mol. The molecule has 2 aromatic carbocycles. The first-order valence-electron chi connectivity index (χ1n) is 10.1. The van der Waals surface area contributed by atoms with Crippen LogP contribution >= 0.6 is 0 Å². The highest BCUT2D eigenvalue weighted by molar-refractivity contribution is 6.01. The Morgan fingerprint density at radius 2 is 1.96 bits per heavy atom. The Morgan fingerprint density at radius 3 is 2.68 bits per heavy atom. The molecule has 1 amide bonds. The van der Waals surface area contributed by atoms with Gasteiger partial charge < -0.3 is 19.7 Å². The molecule has 0 radical (unpaired) electrons. The van der Waals surface area contributed by atoms with E-state index in [1.165, 1.54) is 0 Å². The Hall–Kier alpha value is -2.53. The molecule has 4 rings (SSSR count). The number of fused-ring (bicyclic) bond motifs is 1. The highest BCUT2D eigenvalue weighted by Crippen LogP contribution is 2.34. The zero-order chi connectivity index (χ0) is 19.5. The summed E-state index contributed by atoms with van der Waals surface area (Å²) in [7, 11) is 0. The molecule has 5 heteroatoms. The van der Waals surface area contributed by atoms with Gasteiger partial charge in [-0.2, -0.15) is 0 Å². The van der Waals surface area contributed by atoms with Gasteiger partial charge in [0, 0.05) is 18.8 Å². The van der Waals surface area contributed by atoms with E-state index in [1.54, 1.807) is 0 Å². The summed E-state index contributed by atoms with van der Waals surface area (Å²) >= 11 is 0. The van der Waals surface area contributed by atoms with Gasteiger partial charge in [-0.25, -0.2) is 0 Å². The normalized spacial score (nSPS) is 21.5. The second-order valence-corrected chi connectivity index (χ2v) is 7.96. The third-order valence-corrected chi connectivity index (χ3v) is 5.23. The number of hydrogen-bond donors (Lipinski definition) is 1. The molecule has 2 atom stereocenters. The molecule has 1 saturated heterocycles. The van der Waals surface area contributed by atoms with E-state index >= 15 is 0 Å². The topological polar surface area (TPSA) is 50.8 Å². The van der Waals surface area contributed by atoms with Crippen LogP contribution in [0.15, 0.2) is 48.5 Å². The predicted octanol–water partition coefficient (Wildman–Crippen LogP) is 4.47. The number of rotatable bonds is 6. The number of carbonyl (C=O) groups is 1. The highest BCUT2D eigenvalue weighted by atomic mass is 16.5. The molecule has 1 fully saturated rings. The van der Waals surface area contributed by atoms with Crippen LogP contribution in [0, 0.1) is 5.92 Å². The van der Waals surface area contributed by atoms with Gasteiger partial charge in [0.2, 0.25) is 0 Å². The fraction of sp³-hybridized carbons (Fsp3) is 0.435. The number of ether oxygens (including phenoxy) is 2.